The zero-order chi connectivity index (χ0) is 15.2. The van der Waals surface area contributed by atoms with Gasteiger partial charge in [-0.05, 0) is 31.4 Å². The lowest BCUT2D eigenvalue weighted by atomic mass is 10.2. The number of nitrogens with zero attached hydrogens (tertiary/aromatic N) is 1. The number of rotatable bonds is 5. The smallest absolute Gasteiger partial charge is 0.252 e. The zero-order valence-electron chi connectivity index (χ0n) is 12.4. The molecule has 1 saturated heterocycles. The highest BCUT2D eigenvalue weighted by molar-refractivity contribution is 7.98. The van der Waals surface area contributed by atoms with E-state index >= 15 is 0 Å². The minimum Gasteiger partial charge on any atom is -0.379 e. The van der Waals surface area contributed by atoms with E-state index in [0.29, 0.717) is 23.2 Å². The van der Waals surface area contributed by atoms with Crippen LogP contribution >= 0.6 is 23.4 Å². The summed E-state index contributed by atoms with van der Waals surface area (Å²) < 4.78 is 5.34. The van der Waals surface area contributed by atoms with Crippen LogP contribution in [-0.2, 0) is 4.74 Å². The van der Waals surface area contributed by atoms with Crippen LogP contribution in [0.15, 0.2) is 23.1 Å². The summed E-state index contributed by atoms with van der Waals surface area (Å²) in [5.74, 6) is -0.115. The number of halogens is 1. The van der Waals surface area contributed by atoms with Gasteiger partial charge >= 0.3 is 0 Å². The summed E-state index contributed by atoms with van der Waals surface area (Å²) in [4.78, 5) is 15.6. The second-order valence-corrected chi connectivity index (χ2v) is 6.34. The molecule has 4 nitrogen and oxygen atoms in total. The molecule has 1 heterocycles. The molecule has 116 valence electrons. The summed E-state index contributed by atoms with van der Waals surface area (Å²) in [5, 5.41) is 3.46. The Hall–Kier alpha value is -0.750. The number of ether oxygens (including phenoxy) is 1. The maximum atomic E-state index is 12.3. The Labute approximate surface area is 135 Å². The molecule has 1 unspecified atom stereocenters. The number of carbonyl (C=O) groups is 1. The first-order chi connectivity index (χ1) is 10.1. The van der Waals surface area contributed by atoms with Crippen LogP contribution < -0.4 is 5.32 Å². The molecule has 6 heteroatoms. The first kappa shape index (κ1) is 16.6. The summed E-state index contributed by atoms with van der Waals surface area (Å²) in [6, 6.07) is 5.82. The van der Waals surface area contributed by atoms with Crippen molar-refractivity contribution in [1.29, 1.82) is 0 Å². The van der Waals surface area contributed by atoms with Crippen molar-refractivity contribution in [3.8, 4) is 0 Å². The summed E-state index contributed by atoms with van der Waals surface area (Å²) >= 11 is 7.71. The topological polar surface area (TPSA) is 41.6 Å². The summed E-state index contributed by atoms with van der Waals surface area (Å²) in [5.41, 5.74) is 0.540. The van der Waals surface area contributed by atoms with Crippen molar-refractivity contribution in [2.75, 3.05) is 39.1 Å². The molecule has 0 radical (unpaired) electrons. The van der Waals surface area contributed by atoms with Gasteiger partial charge in [-0.3, -0.25) is 9.69 Å². The molecule has 1 aromatic carbocycles. The maximum absolute atomic E-state index is 12.3. The Morgan fingerprint density at radius 1 is 1.48 bits per heavy atom. The van der Waals surface area contributed by atoms with Crippen LogP contribution in [0.3, 0.4) is 0 Å². The summed E-state index contributed by atoms with van der Waals surface area (Å²) in [6.07, 6.45) is 1.98. The quantitative estimate of drug-likeness (QED) is 0.843. The third kappa shape index (κ3) is 4.61. The number of nitrogens with one attached hydrogen (secondary N) is 1. The molecule has 1 amide bonds. The normalized spacial score (nSPS) is 17.5. The maximum Gasteiger partial charge on any atom is 0.252 e. The van der Waals surface area contributed by atoms with E-state index in [4.69, 9.17) is 16.3 Å². The van der Waals surface area contributed by atoms with E-state index in [9.17, 15) is 4.79 Å². The van der Waals surface area contributed by atoms with Gasteiger partial charge in [0.05, 0.1) is 23.8 Å². The van der Waals surface area contributed by atoms with Gasteiger partial charge in [0.1, 0.15) is 0 Å². The van der Waals surface area contributed by atoms with E-state index in [2.05, 4.69) is 17.1 Å². The lowest BCUT2D eigenvalue weighted by molar-refractivity contribution is 0.0204. The SMILES string of the molecule is CSc1ccc(Cl)c(C(=O)NCC(C)N2CCOCC2)c1. The van der Waals surface area contributed by atoms with Crippen molar-refractivity contribution < 1.29 is 9.53 Å². The number of thioether (sulfide) groups is 1. The molecule has 1 aliphatic heterocycles. The van der Waals surface area contributed by atoms with Crippen molar-refractivity contribution in [2.45, 2.75) is 17.9 Å². The molecule has 0 bridgehead atoms. The number of hydrogen-bond donors (Lipinski definition) is 1. The van der Waals surface area contributed by atoms with Crippen LogP contribution in [-0.4, -0.2) is 56.0 Å². The highest BCUT2D eigenvalue weighted by Gasteiger charge is 2.18. The van der Waals surface area contributed by atoms with Gasteiger partial charge in [-0.2, -0.15) is 0 Å². The predicted molar refractivity (Wildman–Crippen MR) is 87.4 cm³/mol. The third-order valence-corrected chi connectivity index (χ3v) is 4.70. The van der Waals surface area contributed by atoms with Crippen LogP contribution in [0.4, 0.5) is 0 Å². The van der Waals surface area contributed by atoms with Crippen molar-refractivity contribution in [2.24, 2.45) is 0 Å². The number of benzene rings is 1. The Morgan fingerprint density at radius 3 is 2.86 bits per heavy atom. The van der Waals surface area contributed by atoms with Crippen LogP contribution in [0.5, 0.6) is 0 Å². The average molecular weight is 329 g/mol. The number of carbonyl (C=O) groups excluding carboxylic acids is 1. The van der Waals surface area contributed by atoms with Crippen LogP contribution in [0.25, 0.3) is 0 Å². The van der Waals surface area contributed by atoms with Gasteiger partial charge in [0.15, 0.2) is 0 Å². The average Bonchev–Trinajstić information content (AvgIpc) is 2.53. The second-order valence-electron chi connectivity index (χ2n) is 5.05. The van der Waals surface area contributed by atoms with E-state index in [1.165, 1.54) is 0 Å². The summed E-state index contributed by atoms with van der Waals surface area (Å²) in [6.45, 7) is 6.09. The standard InChI is InChI=1S/C15H21ClN2O2S/c1-11(18-5-7-20-8-6-18)10-17-15(19)13-9-12(21-2)3-4-14(13)16/h3-4,9,11H,5-8,10H2,1-2H3,(H,17,19). The van der Waals surface area contributed by atoms with Gasteiger partial charge < -0.3 is 10.1 Å². The van der Waals surface area contributed by atoms with Gasteiger partial charge in [0, 0.05) is 30.6 Å². The molecule has 2 rings (SSSR count). The molecule has 1 N–H and O–H groups in total. The van der Waals surface area contributed by atoms with Gasteiger partial charge in [-0.1, -0.05) is 11.6 Å². The van der Waals surface area contributed by atoms with Crippen LogP contribution in [0.2, 0.25) is 5.02 Å². The molecule has 1 aromatic rings. The zero-order valence-corrected chi connectivity index (χ0v) is 14.0. The fourth-order valence-corrected chi connectivity index (χ4v) is 2.93. The Morgan fingerprint density at radius 2 is 2.19 bits per heavy atom. The molecule has 1 aliphatic rings. The minimum atomic E-state index is -0.115. The van der Waals surface area contributed by atoms with Crippen molar-refractivity contribution in [3.05, 3.63) is 28.8 Å². The molecule has 0 saturated carbocycles. The van der Waals surface area contributed by atoms with E-state index in [-0.39, 0.29) is 5.91 Å². The fourth-order valence-electron chi connectivity index (χ4n) is 2.29. The minimum absolute atomic E-state index is 0.115. The Bertz CT molecular complexity index is 493. The Balaban J connectivity index is 1.92. The van der Waals surface area contributed by atoms with Crippen molar-refractivity contribution in [1.82, 2.24) is 10.2 Å². The van der Waals surface area contributed by atoms with E-state index in [0.717, 1.165) is 31.2 Å². The first-order valence-electron chi connectivity index (χ1n) is 7.05. The predicted octanol–water partition coefficient (Wildman–Crippen LogP) is 2.51. The lowest BCUT2D eigenvalue weighted by Crippen LogP contribution is -2.47. The van der Waals surface area contributed by atoms with E-state index in [1.807, 2.05) is 18.4 Å². The highest BCUT2D eigenvalue weighted by atomic mass is 35.5. The van der Waals surface area contributed by atoms with Crippen LogP contribution in [0, 0.1) is 0 Å². The number of hydrogen-bond acceptors (Lipinski definition) is 4. The summed E-state index contributed by atoms with van der Waals surface area (Å²) in [7, 11) is 0. The molecule has 0 spiro atoms. The van der Waals surface area contributed by atoms with Crippen molar-refractivity contribution >= 4 is 29.3 Å². The molecule has 0 aliphatic carbocycles. The van der Waals surface area contributed by atoms with Gasteiger partial charge in [0.25, 0.3) is 5.91 Å². The largest absolute Gasteiger partial charge is 0.379 e. The lowest BCUT2D eigenvalue weighted by Gasteiger charge is -2.32. The Kier molecular flexibility index (Phi) is 6.36. The fraction of sp³-hybridized carbons (Fsp3) is 0.533. The molecular formula is C15H21ClN2O2S. The van der Waals surface area contributed by atoms with E-state index < -0.39 is 0 Å². The third-order valence-electron chi connectivity index (χ3n) is 3.65. The number of morpholine rings is 1. The van der Waals surface area contributed by atoms with E-state index in [1.54, 1.807) is 17.8 Å². The van der Waals surface area contributed by atoms with Crippen molar-refractivity contribution in [3.63, 3.8) is 0 Å². The van der Waals surface area contributed by atoms with Gasteiger partial charge in [0.2, 0.25) is 0 Å². The highest BCUT2D eigenvalue weighted by Crippen LogP contribution is 2.22. The number of amides is 1. The molecular weight excluding hydrogens is 308 g/mol. The van der Waals surface area contributed by atoms with Gasteiger partial charge in [-0.25, -0.2) is 0 Å². The van der Waals surface area contributed by atoms with Crippen LogP contribution in [0.1, 0.15) is 17.3 Å². The molecule has 1 atom stereocenters. The molecule has 21 heavy (non-hydrogen) atoms. The first-order valence-corrected chi connectivity index (χ1v) is 8.65. The van der Waals surface area contributed by atoms with Gasteiger partial charge in [-0.15, -0.1) is 11.8 Å². The second kappa shape index (κ2) is 8.03. The molecule has 1 fully saturated rings. The molecule has 0 aromatic heterocycles. The monoisotopic (exact) mass is 328 g/mol.